The van der Waals surface area contributed by atoms with E-state index in [-0.39, 0.29) is 11.1 Å². The number of allylic oxidation sites excluding steroid dienone is 1. The van der Waals surface area contributed by atoms with Crippen LogP contribution >= 0.6 is 0 Å². The van der Waals surface area contributed by atoms with Crippen molar-refractivity contribution in [1.82, 2.24) is 0 Å². The zero-order valence-corrected chi connectivity index (χ0v) is 11.3. The number of nitrogens with zero attached hydrogens (tertiary/aromatic N) is 1. The van der Waals surface area contributed by atoms with Crippen LogP contribution < -0.4 is 4.74 Å². The van der Waals surface area contributed by atoms with E-state index in [4.69, 9.17) is 10.00 Å². The van der Waals surface area contributed by atoms with E-state index in [0.29, 0.717) is 11.3 Å². The molecule has 0 saturated heterocycles. The fourth-order valence-electron chi connectivity index (χ4n) is 1.81. The molecule has 2 rings (SSSR count). The molecule has 0 amide bonds. The first-order chi connectivity index (χ1) is 10.2. The number of hydrogen-bond acceptors (Lipinski definition) is 3. The summed E-state index contributed by atoms with van der Waals surface area (Å²) in [7, 11) is 1.55. The number of ether oxygens (including phenoxy) is 1. The van der Waals surface area contributed by atoms with E-state index in [2.05, 4.69) is 0 Å². The van der Waals surface area contributed by atoms with Gasteiger partial charge >= 0.3 is 0 Å². The molecule has 4 heteroatoms. The monoisotopic (exact) mass is 281 g/mol. The van der Waals surface area contributed by atoms with E-state index in [9.17, 15) is 9.18 Å². The summed E-state index contributed by atoms with van der Waals surface area (Å²) in [6.07, 6.45) is 1.42. The summed E-state index contributed by atoms with van der Waals surface area (Å²) in [5.74, 6) is -0.601. The van der Waals surface area contributed by atoms with Crippen LogP contribution in [0.25, 0.3) is 6.08 Å². The van der Waals surface area contributed by atoms with Crippen LogP contribution in [0.2, 0.25) is 0 Å². The van der Waals surface area contributed by atoms with Crippen LogP contribution in [0, 0.1) is 17.1 Å². The Kier molecular flexibility index (Phi) is 4.47. The van der Waals surface area contributed by atoms with E-state index in [1.807, 2.05) is 6.07 Å². The highest BCUT2D eigenvalue weighted by Crippen LogP contribution is 2.17. The summed E-state index contributed by atoms with van der Waals surface area (Å²) in [5, 5.41) is 9.12. The van der Waals surface area contributed by atoms with Crippen molar-refractivity contribution in [3.05, 3.63) is 71.0 Å². The van der Waals surface area contributed by atoms with Gasteiger partial charge in [0.2, 0.25) is 5.78 Å². The van der Waals surface area contributed by atoms with E-state index in [1.54, 1.807) is 37.4 Å². The van der Waals surface area contributed by atoms with Crippen molar-refractivity contribution in [3.8, 4) is 11.8 Å². The molecule has 0 heterocycles. The molecule has 2 aromatic rings. The lowest BCUT2D eigenvalue weighted by Crippen LogP contribution is -2.04. The van der Waals surface area contributed by atoms with Gasteiger partial charge in [0.25, 0.3) is 0 Å². The second kappa shape index (κ2) is 6.49. The Balaban J connectivity index is 2.35. The standard InChI is InChI=1S/C17H12FNO2/c1-21-14-8-6-12(7-9-14)10-13(11-19)17(20)15-4-2-3-5-16(15)18/h2-10H,1H3/b13-10+. The molecule has 0 aliphatic carbocycles. The third-order valence-corrected chi connectivity index (χ3v) is 2.91. The Morgan fingerprint density at radius 3 is 2.43 bits per heavy atom. The predicted molar refractivity (Wildman–Crippen MR) is 77.3 cm³/mol. The fourth-order valence-corrected chi connectivity index (χ4v) is 1.81. The minimum atomic E-state index is -0.640. The third kappa shape index (κ3) is 3.34. The van der Waals surface area contributed by atoms with Crippen LogP contribution in [0.15, 0.2) is 54.1 Å². The number of benzene rings is 2. The van der Waals surface area contributed by atoms with Gasteiger partial charge in [0.1, 0.15) is 23.2 Å². The number of methoxy groups -OCH3 is 1. The molecule has 0 aromatic heterocycles. The van der Waals surface area contributed by atoms with E-state index in [1.165, 1.54) is 24.3 Å². The van der Waals surface area contributed by atoms with Gasteiger partial charge in [0, 0.05) is 0 Å². The van der Waals surface area contributed by atoms with Crippen LogP contribution in [-0.2, 0) is 0 Å². The van der Waals surface area contributed by atoms with Gasteiger partial charge in [-0.3, -0.25) is 4.79 Å². The zero-order chi connectivity index (χ0) is 15.2. The molecule has 0 radical (unpaired) electrons. The number of halogens is 1. The zero-order valence-electron chi connectivity index (χ0n) is 11.3. The van der Waals surface area contributed by atoms with Gasteiger partial charge in [0.15, 0.2) is 0 Å². The average molecular weight is 281 g/mol. The van der Waals surface area contributed by atoms with Crippen LogP contribution in [0.3, 0.4) is 0 Å². The maximum atomic E-state index is 13.6. The summed E-state index contributed by atoms with van der Waals surface area (Å²) in [5.41, 5.74) is 0.432. The van der Waals surface area contributed by atoms with Crippen molar-refractivity contribution in [1.29, 1.82) is 5.26 Å². The minimum Gasteiger partial charge on any atom is -0.497 e. The van der Waals surface area contributed by atoms with Crippen LogP contribution in [0.4, 0.5) is 4.39 Å². The smallest absolute Gasteiger partial charge is 0.206 e. The van der Waals surface area contributed by atoms with Crippen molar-refractivity contribution >= 4 is 11.9 Å². The fraction of sp³-hybridized carbons (Fsp3) is 0.0588. The van der Waals surface area contributed by atoms with Crippen LogP contribution in [0.1, 0.15) is 15.9 Å². The average Bonchev–Trinajstić information content (AvgIpc) is 2.53. The first-order valence-electron chi connectivity index (χ1n) is 6.21. The number of carbonyl (C=O) groups is 1. The molecule has 3 nitrogen and oxygen atoms in total. The first-order valence-corrected chi connectivity index (χ1v) is 6.21. The maximum Gasteiger partial charge on any atom is 0.206 e. The van der Waals surface area contributed by atoms with Crippen molar-refractivity contribution in [2.75, 3.05) is 7.11 Å². The lowest BCUT2D eigenvalue weighted by molar-refractivity contribution is 0.103. The van der Waals surface area contributed by atoms with Crippen molar-refractivity contribution in [2.45, 2.75) is 0 Å². The molecule has 0 fully saturated rings. The Labute approximate surface area is 121 Å². The quantitative estimate of drug-likeness (QED) is 0.488. The summed E-state index contributed by atoms with van der Waals surface area (Å²) in [6, 6.07) is 14.3. The highest BCUT2D eigenvalue weighted by molar-refractivity contribution is 6.14. The topological polar surface area (TPSA) is 50.1 Å². The van der Waals surface area contributed by atoms with Crippen molar-refractivity contribution < 1.29 is 13.9 Å². The van der Waals surface area contributed by atoms with Crippen molar-refractivity contribution in [3.63, 3.8) is 0 Å². The lowest BCUT2D eigenvalue weighted by Gasteiger charge is -2.02. The van der Waals surface area contributed by atoms with Gasteiger partial charge in [-0.05, 0) is 35.9 Å². The van der Waals surface area contributed by atoms with Gasteiger partial charge in [-0.1, -0.05) is 24.3 Å². The summed E-state index contributed by atoms with van der Waals surface area (Å²) in [4.78, 5) is 12.2. The maximum absolute atomic E-state index is 13.6. The van der Waals surface area contributed by atoms with Gasteiger partial charge in [-0.25, -0.2) is 4.39 Å². The molecule has 0 atom stereocenters. The van der Waals surface area contributed by atoms with E-state index >= 15 is 0 Å². The largest absolute Gasteiger partial charge is 0.497 e. The summed E-state index contributed by atoms with van der Waals surface area (Å²) in [6.45, 7) is 0. The lowest BCUT2D eigenvalue weighted by atomic mass is 10.0. The number of Topliss-reactive ketones (excluding diaryl/α,β-unsaturated/α-hetero) is 1. The Hall–Kier alpha value is -2.93. The normalized spacial score (nSPS) is 10.8. The highest BCUT2D eigenvalue weighted by atomic mass is 19.1. The Morgan fingerprint density at radius 2 is 1.86 bits per heavy atom. The predicted octanol–water partition coefficient (Wildman–Crippen LogP) is 3.62. The van der Waals surface area contributed by atoms with Crippen molar-refractivity contribution in [2.24, 2.45) is 0 Å². The number of ketones is 1. The van der Waals surface area contributed by atoms with E-state index in [0.717, 1.165) is 0 Å². The number of hydrogen-bond donors (Lipinski definition) is 0. The van der Waals surface area contributed by atoms with Gasteiger partial charge in [0.05, 0.1) is 12.7 Å². The number of carbonyl (C=O) groups excluding carboxylic acids is 1. The molecular weight excluding hydrogens is 269 g/mol. The van der Waals surface area contributed by atoms with E-state index < -0.39 is 11.6 Å². The number of nitriles is 1. The molecule has 0 bridgehead atoms. The molecule has 21 heavy (non-hydrogen) atoms. The number of rotatable bonds is 4. The van der Waals surface area contributed by atoms with Gasteiger partial charge in [-0.2, -0.15) is 5.26 Å². The molecule has 0 aliphatic heterocycles. The summed E-state index contributed by atoms with van der Waals surface area (Å²) >= 11 is 0. The molecule has 104 valence electrons. The first kappa shape index (κ1) is 14.5. The molecular formula is C17H12FNO2. The minimum absolute atomic E-state index is 0.112. The molecule has 2 aromatic carbocycles. The molecule has 0 unspecified atom stereocenters. The molecule has 0 N–H and O–H groups in total. The van der Waals surface area contributed by atoms with Crippen LogP contribution in [-0.4, -0.2) is 12.9 Å². The summed E-state index contributed by atoms with van der Waals surface area (Å²) < 4.78 is 18.6. The van der Waals surface area contributed by atoms with Gasteiger partial charge in [-0.15, -0.1) is 0 Å². The van der Waals surface area contributed by atoms with Crippen LogP contribution in [0.5, 0.6) is 5.75 Å². The highest BCUT2D eigenvalue weighted by Gasteiger charge is 2.15. The molecule has 0 spiro atoms. The van der Waals surface area contributed by atoms with Gasteiger partial charge < -0.3 is 4.74 Å². The Morgan fingerprint density at radius 1 is 1.19 bits per heavy atom. The molecule has 0 aliphatic rings. The molecule has 0 saturated carbocycles. The second-order valence-corrected chi connectivity index (χ2v) is 4.25. The Bertz CT molecular complexity index is 727. The second-order valence-electron chi connectivity index (χ2n) is 4.25. The SMILES string of the molecule is COc1ccc(/C=C(\C#N)C(=O)c2ccccc2F)cc1. The third-order valence-electron chi connectivity index (χ3n) is 2.91.